The third-order valence-electron chi connectivity index (χ3n) is 5.28. The summed E-state index contributed by atoms with van der Waals surface area (Å²) in [5.41, 5.74) is 0. The summed E-state index contributed by atoms with van der Waals surface area (Å²) in [6.45, 7) is -0.797. The lowest BCUT2D eigenvalue weighted by Gasteiger charge is -2.20. The average molecular weight is 424 g/mol. The highest BCUT2D eigenvalue weighted by atomic mass is 19.3. The first-order valence-electron chi connectivity index (χ1n) is 10.3. The van der Waals surface area contributed by atoms with Crippen molar-refractivity contribution >= 4 is 5.91 Å². The minimum Gasteiger partial charge on any atom is -0.487 e. The van der Waals surface area contributed by atoms with Gasteiger partial charge in [-0.15, -0.1) is 0 Å². The van der Waals surface area contributed by atoms with Gasteiger partial charge in [0.1, 0.15) is 5.75 Å². The van der Waals surface area contributed by atoms with Crippen molar-refractivity contribution in [3.63, 3.8) is 0 Å². The normalized spacial score (nSPS) is 24.6. The predicted octanol–water partition coefficient (Wildman–Crippen LogP) is 3.48. The van der Waals surface area contributed by atoms with Gasteiger partial charge in [-0.25, -0.2) is 0 Å². The van der Waals surface area contributed by atoms with Gasteiger partial charge in [-0.2, -0.15) is 8.78 Å². The van der Waals surface area contributed by atoms with E-state index in [0.717, 1.165) is 6.08 Å². The van der Waals surface area contributed by atoms with Crippen molar-refractivity contribution in [1.82, 2.24) is 5.32 Å². The number of halogens is 2. The number of rotatable bonds is 11. The third-order valence-corrected chi connectivity index (χ3v) is 5.28. The van der Waals surface area contributed by atoms with Gasteiger partial charge in [0.15, 0.2) is 6.61 Å². The van der Waals surface area contributed by atoms with Gasteiger partial charge >= 0.3 is 0 Å². The van der Waals surface area contributed by atoms with E-state index in [2.05, 4.69) is 5.32 Å². The molecule has 1 amide bonds. The smallest absolute Gasteiger partial charge is 0.299 e. The quantitative estimate of drug-likeness (QED) is 0.376. The molecule has 3 N–H and O–H groups in total. The maximum absolute atomic E-state index is 14.2. The van der Waals surface area contributed by atoms with Crippen LogP contribution in [0.4, 0.5) is 8.78 Å². The molecule has 1 aliphatic carbocycles. The number of hydrogen-bond acceptors (Lipinski definition) is 4. The van der Waals surface area contributed by atoms with E-state index in [4.69, 9.17) is 4.74 Å². The lowest BCUT2D eigenvalue weighted by Crippen LogP contribution is -2.25. The Morgan fingerprint density at radius 2 is 1.97 bits per heavy atom. The highest BCUT2D eigenvalue weighted by Crippen LogP contribution is 2.37. The number of carbonyl (C=O) groups excluding carboxylic acids is 1. The van der Waals surface area contributed by atoms with Crippen LogP contribution in [-0.2, 0) is 4.79 Å². The molecular formula is C23H31F2NO4. The molecule has 0 saturated heterocycles. The topological polar surface area (TPSA) is 78.8 Å². The number of nitrogens with one attached hydrogen (secondary N) is 1. The molecule has 30 heavy (non-hydrogen) atoms. The zero-order valence-electron chi connectivity index (χ0n) is 17.2. The number of aliphatic hydroxyl groups excluding tert-OH is 2. The second kappa shape index (κ2) is 11.8. The zero-order chi connectivity index (χ0) is 22.0. The van der Waals surface area contributed by atoms with Gasteiger partial charge in [0.05, 0.1) is 12.2 Å². The molecular weight excluding hydrogens is 392 g/mol. The maximum Gasteiger partial charge on any atom is 0.299 e. The molecule has 4 atom stereocenters. The SMILES string of the molecule is CNC(=O)CCC/C=C/C[C@H]1C(O)CC(O)[C@@H]1/C=C/C(F)(F)COc1ccccc1. The molecule has 0 bridgehead atoms. The molecule has 0 aromatic heterocycles. The van der Waals surface area contributed by atoms with Crippen LogP contribution in [0.2, 0.25) is 0 Å². The van der Waals surface area contributed by atoms with E-state index in [1.807, 2.05) is 12.2 Å². The number of ether oxygens (including phenoxy) is 1. The van der Waals surface area contributed by atoms with E-state index in [0.29, 0.717) is 31.4 Å². The van der Waals surface area contributed by atoms with Crippen molar-refractivity contribution < 1.29 is 28.5 Å². The molecule has 0 heterocycles. The summed E-state index contributed by atoms with van der Waals surface area (Å²) in [5.74, 6) is -3.74. The molecule has 0 radical (unpaired) electrons. The minimum absolute atomic E-state index is 0.0138. The fourth-order valence-corrected chi connectivity index (χ4v) is 3.58. The Morgan fingerprint density at radius 3 is 2.67 bits per heavy atom. The molecule has 1 aromatic carbocycles. The lowest BCUT2D eigenvalue weighted by molar-refractivity contribution is -0.120. The molecule has 2 unspecified atom stereocenters. The highest BCUT2D eigenvalue weighted by Gasteiger charge is 2.40. The summed E-state index contributed by atoms with van der Waals surface area (Å²) in [6, 6.07) is 8.39. The predicted molar refractivity (Wildman–Crippen MR) is 111 cm³/mol. The van der Waals surface area contributed by atoms with Crippen molar-refractivity contribution in [3.05, 3.63) is 54.6 Å². The monoisotopic (exact) mass is 423 g/mol. The van der Waals surface area contributed by atoms with Crippen molar-refractivity contribution in [3.8, 4) is 5.75 Å². The molecule has 2 rings (SSSR count). The average Bonchev–Trinajstić information content (AvgIpc) is 3.00. The summed E-state index contributed by atoms with van der Waals surface area (Å²) >= 11 is 0. The number of benzene rings is 1. The number of para-hydroxylation sites is 1. The van der Waals surface area contributed by atoms with Crippen molar-refractivity contribution in [2.24, 2.45) is 11.8 Å². The Balaban J connectivity index is 1.87. The molecule has 0 aliphatic heterocycles. The lowest BCUT2D eigenvalue weighted by atomic mass is 9.89. The second-order valence-electron chi connectivity index (χ2n) is 7.61. The number of carbonyl (C=O) groups is 1. The summed E-state index contributed by atoms with van der Waals surface area (Å²) < 4.78 is 33.5. The fraction of sp³-hybridized carbons (Fsp3) is 0.522. The second-order valence-corrected chi connectivity index (χ2v) is 7.61. The van der Waals surface area contributed by atoms with Crippen LogP contribution in [0.15, 0.2) is 54.6 Å². The van der Waals surface area contributed by atoms with Crippen LogP contribution in [0.3, 0.4) is 0 Å². The molecule has 166 valence electrons. The molecule has 7 heteroatoms. The van der Waals surface area contributed by atoms with Gasteiger partial charge < -0.3 is 20.3 Å². The third kappa shape index (κ3) is 7.88. The van der Waals surface area contributed by atoms with E-state index in [-0.39, 0.29) is 18.2 Å². The first-order valence-corrected chi connectivity index (χ1v) is 10.3. The van der Waals surface area contributed by atoms with Gasteiger partial charge in [-0.3, -0.25) is 4.79 Å². The first-order chi connectivity index (χ1) is 14.3. The van der Waals surface area contributed by atoms with Gasteiger partial charge in [0.2, 0.25) is 5.91 Å². The Morgan fingerprint density at radius 1 is 1.23 bits per heavy atom. The van der Waals surface area contributed by atoms with Crippen LogP contribution in [-0.4, -0.2) is 47.9 Å². The van der Waals surface area contributed by atoms with Crippen LogP contribution in [0.25, 0.3) is 0 Å². The highest BCUT2D eigenvalue weighted by molar-refractivity contribution is 5.75. The standard InChI is InChI=1S/C23H31F2NO4/c1-26-22(29)12-8-3-2-7-11-18-19(21(28)15-20(18)27)13-14-23(24,25)16-30-17-9-5-4-6-10-17/h2,4-7,9-10,13-14,18-21,27-28H,3,8,11-12,15-16H2,1H3,(H,26,29)/b7-2+,14-13+/t18-,19-,20?,21?/m1/s1. The van der Waals surface area contributed by atoms with Crippen molar-refractivity contribution in [1.29, 1.82) is 0 Å². The number of unbranched alkanes of at least 4 members (excludes halogenated alkanes) is 1. The van der Waals surface area contributed by atoms with E-state index in [9.17, 15) is 23.8 Å². The zero-order valence-corrected chi connectivity index (χ0v) is 17.2. The van der Waals surface area contributed by atoms with Crippen molar-refractivity contribution in [2.45, 2.75) is 50.2 Å². The van der Waals surface area contributed by atoms with Gasteiger partial charge in [0.25, 0.3) is 5.92 Å². The summed E-state index contributed by atoms with van der Waals surface area (Å²) in [6.07, 6.45) is 6.76. The molecule has 1 aromatic rings. The Labute approximate surface area is 176 Å². The number of aliphatic hydroxyl groups is 2. The van der Waals surface area contributed by atoms with E-state index in [1.165, 1.54) is 6.08 Å². The van der Waals surface area contributed by atoms with Crippen LogP contribution in [0.5, 0.6) is 5.75 Å². The van der Waals surface area contributed by atoms with Crippen LogP contribution >= 0.6 is 0 Å². The maximum atomic E-state index is 14.2. The van der Waals surface area contributed by atoms with Gasteiger partial charge in [-0.05, 0) is 43.4 Å². The molecule has 1 fully saturated rings. The van der Waals surface area contributed by atoms with E-state index in [1.54, 1.807) is 37.4 Å². The largest absolute Gasteiger partial charge is 0.487 e. The molecule has 0 spiro atoms. The van der Waals surface area contributed by atoms with E-state index >= 15 is 0 Å². The number of hydrogen-bond donors (Lipinski definition) is 3. The van der Waals surface area contributed by atoms with Gasteiger partial charge in [0, 0.05) is 25.8 Å². The molecule has 1 saturated carbocycles. The van der Waals surface area contributed by atoms with E-state index < -0.39 is 30.7 Å². The number of alkyl halides is 2. The van der Waals surface area contributed by atoms with Crippen LogP contribution in [0, 0.1) is 11.8 Å². The van der Waals surface area contributed by atoms with Crippen LogP contribution < -0.4 is 10.1 Å². The summed E-state index contributed by atoms with van der Waals surface area (Å²) in [7, 11) is 1.59. The first kappa shape index (κ1) is 24.0. The number of amides is 1. The molecule has 5 nitrogen and oxygen atoms in total. The summed E-state index contributed by atoms with van der Waals surface area (Å²) in [4.78, 5) is 11.2. The fourth-order valence-electron chi connectivity index (χ4n) is 3.58. The summed E-state index contributed by atoms with van der Waals surface area (Å²) in [5, 5.41) is 23.0. The Kier molecular flexibility index (Phi) is 9.46. The number of allylic oxidation sites excluding steroid dienone is 2. The van der Waals surface area contributed by atoms with Crippen molar-refractivity contribution in [2.75, 3.05) is 13.7 Å². The van der Waals surface area contributed by atoms with Crippen LogP contribution in [0.1, 0.15) is 32.1 Å². The Hall–Kier alpha value is -2.25. The van der Waals surface area contributed by atoms with Gasteiger partial charge in [-0.1, -0.05) is 36.4 Å². The molecule has 1 aliphatic rings. The minimum atomic E-state index is -3.19. The Bertz CT molecular complexity index is 708.